The largest absolute Gasteiger partial charge is 0.317 e. The van der Waals surface area contributed by atoms with Crippen molar-refractivity contribution in [3.05, 3.63) is 0 Å². The summed E-state index contributed by atoms with van der Waals surface area (Å²) < 4.78 is 0. The minimum atomic E-state index is -0.149. The lowest BCUT2D eigenvalue weighted by Crippen LogP contribution is -2.33. The van der Waals surface area contributed by atoms with Gasteiger partial charge in [-0.2, -0.15) is 0 Å². The molecule has 0 spiro atoms. The molecule has 1 heterocycles. The Hall–Kier alpha value is -0.0800. The van der Waals surface area contributed by atoms with Crippen LogP contribution in [-0.2, 0) is 4.79 Å². The van der Waals surface area contributed by atoms with Crippen LogP contribution in [-0.4, -0.2) is 18.3 Å². The van der Waals surface area contributed by atoms with Crippen LogP contribution in [0.1, 0.15) is 26.2 Å². The molecule has 2 nitrogen and oxygen atoms in total. The molecule has 1 N–H and O–H groups in total. The van der Waals surface area contributed by atoms with E-state index in [1.165, 1.54) is 0 Å². The molecule has 0 saturated carbocycles. The van der Waals surface area contributed by atoms with Crippen molar-refractivity contribution in [3.8, 4) is 0 Å². The van der Waals surface area contributed by atoms with Crippen molar-refractivity contribution in [2.75, 3.05) is 13.1 Å². The summed E-state index contributed by atoms with van der Waals surface area (Å²) in [6, 6.07) is 0. The van der Waals surface area contributed by atoms with Gasteiger partial charge in [-0.1, -0.05) is 6.92 Å². The topological polar surface area (TPSA) is 29.1 Å². The van der Waals surface area contributed by atoms with Gasteiger partial charge in [-0.3, -0.25) is 4.79 Å². The zero-order valence-corrected chi connectivity index (χ0v) is 8.23. The third-order valence-electron chi connectivity index (χ3n) is 2.68. The molecule has 0 bridgehead atoms. The van der Waals surface area contributed by atoms with Crippen molar-refractivity contribution < 1.29 is 4.79 Å². The monoisotopic (exact) mass is 189 g/mol. The molecule has 1 fully saturated rings. The summed E-state index contributed by atoms with van der Waals surface area (Å²) in [5.74, 6) is 0.606. The Labute approximate surface area is 78.7 Å². The lowest BCUT2D eigenvalue weighted by molar-refractivity contribution is -0.117. The van der Waals surface area contributed by atoms with Crippen LogP contribution >= 0.6 is 11.6 Å². The molecule has 1 saturated heterocycles. The van der Waals surface area contributed by atoms with Gasteiger partial charge in [-0.25, -0.2) is 0 Å². The van der Waals surface area contributed by atoms with Crippen LogP contribution in [0, 0.1) is 11.8 Å². The van der Waals surface area contributed by atoms with E-state index in [9.17, 15) is 4.79 Å². The van der Waals surface area contributed by atoms with Crippen LogP contribution < -0.4 is 5.32 Å². The third kappa shape index (κ3) is 2.46. The number of hydrogen-bond donors (Lipinski definition) is 1. The molecular formula is C9H16ClNO. The van der Waals surface area contributed by atoms with Crippen molar-refractivity contribution in [1.29, 1.82) is 0 Å². The Kier molecular flexibility index (Phi) is 4.02. The van der Waals surface area contributed by atoms with Crippen LogP contribution in [0.2, 0.25) is 0 Å². The molecular weight excluding hydrogens is 174 g/mol. The van der Waals surface area contributed by atoms with E-state index in [4.69, 9.17) is 11.6 Å². The normalized spacial score (nSPS) is 22.2. The summed E-state index contributed by atoms with van der Waals surface area (Å²) in [6.45, 7) is 4.10. The first-order chi connectivity index (χ1) is 5.75. The summed E-state index contributed by atoms with van der Waals surface area (Å²) >= 11 is 5.52. The molecule has 1 atom stereocenters. The maximum absolute atomic E-state index is 11.0. The highest BCUT2D eigenvalue weighted by molar-refractivity contribution is 6.64. The highest BCUT2D eigenvalue weighted by Crippen LogP contribution is 2.26. The standard InChI is InChI=1S/C9H16ClNO/c1-2-8(9(10)12)7-3-5-11-6-4-7/h7-8,11H,2-6H2,1H3. The molecule has 0 aliphatic carbocycles. The zero-order chi connectivity index (χ0) is 8.97. The number of piperidine rings is 1. The fourth-order valence-electron chi connectivity index (χ4n) is 1.93. The van der Waals surface area contributed by atoms with Gasteiger partial charge in [0.05, 0.1) is 0 Å². The maximum Gasteiger partial charge on any atom is 0.224 e. The Morgan fingerprint density at radius 1 is 1.58 bits per heavy atom. The van der Waals surface area contributed by atoms with E-state index in [2.05, 4.69) is 5.32 Å². The van der Waals surface area contributed by atoms with Gasteiger partial charge in [-0.15, -0.1) is 0 Å². The molecule has 70 valence electrons. The summed E-state index contributed by atoms with van der Waals surface area (Å²) in [4.78, 5) is 11.0. The van der Waals surface area contributed by atoms with Crippen molar-refractivity contribution in [3.63, 3.8) is 0 Å². The van der Waals surface area contributed by atoms with Crippen molar-refractivity contribution >= 4 is 16.8 Å². The smallest absolute Gasteiger partial charge is 0.224 e. The second-order valence-electron chi connectivity index (χ2n) is 3.41. The predicted octanol–water partition coefficient (Wildman–Crippen LogP) is 1.78. The maximum atomic E-state index is 11.0. The average Bonchev–Trinajstić information content (AvgIpc) is 2.07. The van der Waals surface area contributed by atoms with E-state index in [0.717, 1.165) is 32.4 Å². The number of nitrogens with one attached hydrogen (secondary N) is 1. The van der Waals surface area contributed by atoms with E-state index in [1.54, 1.807) is 0 Å². The molecule has 1 aliphatic heterocycles. The summed E-state index contributed by atoms with van der Waals surface area (Å²) in [6.07, 6.45) is 3.07. The predicted molar refractivity (Wildman–Crippen MR) is 50.2 cm³/mol. The highest BCUT2D eigenvalue weighted by atomic mass is 35.5. The van der Waals surface area contributed by atoms with Gasteiger partial charge in [0.2, 0.25) is 5.24 Å². The fourth-order valence-corrected chi connectivity index (χ4v) is 2.26. The van der Waals surface area contributed by atoms with Crippen molar-refractivity contribution in [2.45, 2.75) is 26.2 Å². The van der Waals surface area contributed by atoms with Crippen LogP contribution in [0.3, 0.4) is 0 Å². The molecule has 12 heavy (non-hydrogen) atoms. The van der Waals surface area contributed by atoms with Crippen LogP contribution in [0.15, 0.2) is 0 Å². The zero-order valence-electron chi connectivity index (χ0n) is 7.48. The Bertz CT molecular complexity index is 155. The summed E-state index contributed by atoms with van der Waals surface area (Å²) in [7, 11) is 0. The van der Waals surface area contributed by atoms with Gasteiger partial charge in [0.1, 0.15) is 0 Å². The quantitative estimate of drug-likeness (QED) is 0.686. The minimum absolute atomic E-state index is 0.0915. The molecule has 0 amide bonds. The molecule has 0 aromatic carbocycles. The Morgan fingerprint density at radius 3 is 2.58 bits per heavy atom. The molecule has 1 aliphatic rings. The lowest BCUT2D eigenvalue weighted by atomic mass is 9.84. The molecule has 0 radical (unpaired) electrons. The van der Waals surface area contributed by atoms with E-state index < -0.39 is 0 Å². The van der Waals surface area contributed by atoms with E-state index in [0.29, 0.717) is 5.92 Å². The van der Waals surface area contributed by atoms with Crippen LogP contribution in [0.5, 0.6) is 0 Å². The second-order valence-corrected chi connectivity index (χ2v) is 3.78. The summed E-state index contributed by atoms with van der Waals surface area (Å²) in [5.41, 5.74) is 0. The number of carbonyl (C=O) groups excluding carboxylic acids is 1. The number of rotatable bonds is 3. The van der Waals surface area contributed by atoms with Gasteiger partial charge in [-0.05, 0) is 49.9 Å². The SMILES string of the molecule is CCC(C(=O)Cl)C1CCNCC1. The van der Waals surface area contributed by atoms with Gasteiger partial charge in [0.25, 0.3) is 0 Å². The molecule has 1 unspecified atom stereocenters. The fraction of sp³-hybridized carbons (Fsp3) is 0.889. The number of hydrogen-bond acceptors (Lipinski definition) is 2. The average molecular weight is 190 g/mol. The highest BCUT2D eigenvalue weighted by Gasteiger charge is 2.26. The minimum Gasteiger partial charge on any atom is -0.317 e. The lowest BCUT2D eigenvalue weighted by Gasteiger charge is -2.27. The first kappa shape index (κ1) is 10.0. The van der Waals surface area contributed by atoms with E-state index in [-0.39, 0.29) is 11.2 Å². The van der Waals surface area contributed by atoms with Crippen molar-refractivity contribution in [2.24, 2.45) is 11.8 Å². The summed E-state index contributed by atoms with van der Waals surface area (Å²) in [5, 5.41) is 3.13. The van der Waals surface area contributed by atoms with E-state index >= 15 is 0 Å². The van der Waals surface area contributed by atoms with Gasteiger partial charge < -0.3 is 5.32 Å². The Morgan fingerprint density at radius 2 is 2.17 bits per heavy atom. The van der Waals surface area contributed by atoms with Crippen LogP contribution in [0.4, 0.5) is 0 Å². The van der Waals surface area contributed by atoms with Gasteiger partial charge in [0, 0.05) is 5.92 Å². The first-order valence-corrected chi connectivity index (χ1v) is 5.03. The molecule has 1 rings (SSSR count). The first-order valence-electron chi connectivity index (χ1n) is 4.65. The van der Waals surface area contributed by atoms with Gasteiger partial charge in [0.15, 0.2) is 0 Å². The molecule has 0 aromatic rings. The third-order valence-corrected chi connectivity index (χ3v) is 2.96. The molecule has 3 heteroatoms. The van der Waals surface area contributed by atoms with Gasteiger partial charge >= 0.3 is 0 Å². The van der Waals surface area contributed by atoms with Crippen LogP contribution in [0.25, 0.3) is 0 Å². The second kappa shape index (κ2) is 4.83. The molecule has 0 aromatic heterocycles. The Balaban J connectivity index is 2.46. The van der Waals surface area contributed by atoms with E-state index in [1.807, 2.05) is 6.92 Å². The van der Waals surface area contributed by atoms with Crippen molar-refractivity contribution in [1.82, 2.24) is 5.32 Å². The number of halogens is 1. The number of carbonyl (C=O) groups is 1.